The summed E-state index contributed by atoms with van der Waals surface area (Å²) < 4.78 is 5.20. The molecule has 0 saturated heterocycles. The van der Waals surface area contributed by atoms with Gasteiger partial charge in [-0.2, -0.15) is 0 Å². The Morgan fingerprint density at radius 1 is 1.38 bits per heavy atom. The molecule has 21 heavy (non-hydrogen) atoms. The summed E-state index contributed by atoms with van der Waals surface area (Å²) in [6.45, 7) is 5.99. The van der Waals surface area contributed by atoms with Crippen molar-refractivity contribution in [2.75, 3.05) is 7.11 Å². The molecule has 0 fully saturated rings. The maximum atomic E-state index is 12.3. The van der Waals surface area contributed by atoms with Gasteiger partial charge in [0.05, 0.1) is 23.9 Å². The number of aryl methyl sites for hydroxylation is 1. The smallest absolute Gasteiger partial charge is 0.253 e. The number of carbonyl (C=O) groups excluding carboxylic acids is 1. The SMILES string of the molecule is CCC[C@@H](C)NC(=O)c1cc2ccc(OC)cc2nc1C. The number of amides is 1. The third kappa shape index (κ3) is 3.51. The summed E-state index contributed by atoms with van der Waals surface area (Å²) in [5.74, 6) is 0.710. The van der Waals surface area contributed by atoms with Crippen LogP contribution in [0, 0.1) is 6.92 Å². The lowest BCUT2D eigenvalue weighted by Gasteiger charge is -2.14. The summed E-state index contributed by atoms with van der Waals surface area (Å²) >= 11 is 0. The number of rotatable bonds is 5. The van der Waals surface area contributed by atoms with Gasteiger partial charge in [0.1, 0.15) is 5.75 Å². The van der Waals surface area contributed by atoms with Crippen molar-refractivity contribution >= 4 is 16.8 Å². The van der Waals surface area contributed by atoms with E-state index in [9.17, 15) is 4.79 Å². The molecule has 1 N–H and O–H groups in total. The quantitative estimate of drug-likeness (QED) is 0.915. The van der Waals surface area contributed by atoms with Gasteiger partial charge in [-0.1, -0.05) is 13.3 Å². The van der Waals surface area contributed by atoms with Gasteiger partial charge in [0.2, 0.25) is 0 Å². The largest absolute Gasteiger partial charge is 0.497 e. The lowest BCUT2D eigenvalue weighted by molar-refractivity contribution is 0.0937. The van der Waals surface area contributed by atoms with Crippen LogP contribution in [0.5, 0.6) is 5.75 Å². The van der Waals surface area contributed by atoms with Crippen LogP contribution in [0.1, 0.15) is 42.7 Å². The number of pyridine rings is 1. The molecule has 0 spiro atoms. The van der Waals surface area contributed by atoms with Gasteiger partial charge in [0.15, 0.2) is 0 Å². The molecule has 0 aliphatic rings. The minimum absolute atomic E-state index is 0.0568. The summed E-state index contributed by atoms with van der Waals surface area (Å²) in [5.41, 5.74) is 2.21. The molecule has 0 unspecified atom stereocenters. The van der Waals surface area contributed by atoms with Crippen LogP contribution in [0.15, 0.2) is 24.3 Å². The summed E-state index contributed by atoms with van der Waals surface area (Å²) in [4.78, 5) is 16.9. The lowest BCUT2D eigenvalue weighted by atomic mass is 10.1. The van der Waals surface area contributed by atoms with E-state index in [0.29, 0.717) is 5.56 Å². The predicted molar refractivity (Wildman–Crippen MR) is 84.9 cm³/mol. The second-order valence-electron chi connectivity index (χ2n) is 5.34. The Kier molecular flexibility index (Phi) is 4.78. The molecule has 0 bridgehead atoms. The van der Waals surface area contributed by atoms with Crippen molar-refractivity contribution in [2.24, 2.45) is 0 Å². The van der Waals surface area contributed by atoms with E-state index in [1.165, 1.54) is 0 Å². The normalized spacial score (nSPS) is 12.2. The Labute approximate surface area is 125 Å². The number of benzene rings is 1. The highest BCUT2D eigenvalue weighted by Gasteiger charge is 2.14. The molecular formula is C17H22N2O2. The molecule has 0 aliphatic carbocycles. The molecule has 1 aromatic heterocycles. The van der Waals surface area contributed by atoms with Crippen molar-refractivity contribution in [1.29, 1.82) is 0 Å². The van der Waals surface area contributed by atoms with Crippen LogP contribution >= 0.6 is 0 Å². The molecule has 2 aromatic rings. The summed E-state index contributed by atoms with van der Waals surface area (Å²) in [5, 5.41) is 3.96. The molecule has 1 aromatic carbocycles. The van der Waals surface area contributed by atoms with Crippen LogP contribution < -0.4 is 10.1 Å². The molecule has 1 amide bonds. The molecule has 1 heterocycles. The van der Waals surface area contributed by atoms with Gasteiger partial charge in [0.25, 0.3) is 5.91 Å². The van der Waals surface area contributed by atoms with Crippen LogP contribution in [0.4, 0.5) is 0 Å². The average Bonchev–Trinajstić information content (AvgIpc) is 2.45. The second-order valence-corrected chi connectivity index (χ2v) is 5.34. The Bertz CT molecular complexity index is 653. The number of aromatic nitrogens is 1. The molecular weight excluding hydrogens is 264 g/mol. The van der Waals surface area contributed by atoms with Crippen LogP contribution in [0.3, 0.4) is 0 Å². The molecule has 0 radical (unpaired) electrons. The van der Waals surface area contributed by atoms with E-state index in [1.807, 2.05) is 38.1 Å². The Hall–Kier alpha value is -2.10. The van der Waals surface area contributed by atoms with Gasteiger partial charge in [-0.15, -0.1) is 0 Å². The van der Waals surface area contributed by atoms with Gasteiger partial charge < -0.3 is 10.1 Å². The number of fused-ring (bicyclic) bond motifs is 1. The predicted octanol–water partition coefficient (Wildman–Crippen LogP) is 3.47. The topological polar surface area (TPSA) is 51.2 Å². The Morgan fingerprint density at radius 3 is 2.81 bits per heavy atom. The highest BCUT2D eigenvalue weighted by molar-refractivity contribution is 5.98. The number of nitrogens with one attached hydrogen (secondary N) is 1. The number of nitrogens with zero attached hydrogens (tertiary/aromatic N) is 1. The highest BCUT2D eigenvalue weighted by Crippen LogP contribution is 2.21. The number of ether oxygens (including phenoxy) is 1. The van der Waals surface area contributed by atoms with Crippen LogP contribution in [-0.4, -0.2) is 24.0 Å². The van der Waals surface area contributed by atoms with Crippen molar-refractivity contribution in [1.82, 2.24) is 10.3 Å². The number of carbonyl (C=O) groups is 1. The fraction of sp³-hybridized carbons (Fsp3) is 0.412. The van der Waals surface area contributed by atoms with Crippen molar-refractivity contribution in [3.8, 4) is 5.75 Å². The van der Waals surface area contributed by atoms with Gasteiger partial charge in [-0.3, -0.25) is 9.78 Å². The van der Waals surface area contributed by atoms with E-state index in [-0.39, 0.29) is 11.9 Å². The standard InChI is InChI=1S/C17H22N2O2/c1-5-6-11(2)18-17(20)15-9-13-7-8-14(21-4)10-16(13)19-12(15)3/h7-11H,5-6H2,1-4H3,(H,18,20)/t11-/m1/s1. The molecule has 1 atom stereocenters. The number of hydrogen-bond donors (Lipinski definition) is 1. The van der Waals surface area contributed by atoms with E-state index in [1.54, 1.807) is 7.11 Å². The van der Waals surface area contributed by atoms with E-state index in [2.05, 4.69) is 17.2 Å². The fourth-order valence-corrected chi connectivity index (χ4v) is 2.41. The van der Waals surface area contributed by atoms with Gasteiger partial charge >= 0.3 is 0 Å². The maximum absolute atomic E-state index is 12.3. The maximum Gasteiger partial charge on any atom is 0.253 e. The van der Waals surface area contributed by atoms with E-state index >= 15 is 0 Å². The van der Waals surface area contributed by atoms with Crippen LogP contribution in [-0.2, 0) is 0 Å². The molecule has 4 heteroatoms. The lowest BCUT2D eigenvalue weighted by Crippen LogP contribution is -2.32. The van der Waals surface area contributed by atoms with Crippen molar-refractivity contribution < 1.29 is 9.53 Å². The van der Waals surface area contributed by atoms with Crippen molar-refractivity contribution in [2.45, 2.75) is 39.7 Å². The zero-order chi connectivity index (χ0) is 15.4. The van der Waals surface area contributed by atoms with Crippen LogP contribution in [0.2, 0.25) is 0 Å². The minimum Gasteiger partial charge on any atom is -0.497 e. The average molecular weight is 286 g/mol. The van der Waals surface area contributed by atoms with Gasteiger partial charge in [0, 0.05) is 17.5 Å². The molecule has 0 saturated carbocycles. The monoisotopic (exact) mass is 286 g/mol. The van der Waals surface area contributed by atoms with Crippen molar-refractivity contribution in [3.63, 3.8) is 0 Å². The third-order valence-corrected chi connectivity index (χ3v) is 3.56. The van der Waals surface area contributed by atoms with Crippen molar-refractivity contribution in [3.05, 3.63) is 35.5 Å². The first-order valence-corrected chi connectivity index (χ1v) is 7.31. The second kappa shape index (κ2) is 6.57. The Morgan fingerprint density at radius 2 is 2.14 bits per heavy atom. The summed E-state index contributed by atoms with van der Waals surface area (Å²) in [6, 6.07) is 7.75. The zero-order valence-electron chi connectivity index (χ0n) is 13.1. The van der Waals surface area contributed by atoms with Gasteiger partial charge in [-0.05, 0) is 38.5 Å². The molecule has 4 nitrogen and oxygen atoms in total. The molecule has 112 valence electrons. The van der Waals surface area contributed by atoms with E-state index < -0.39 is 0 Å². The first-order valence-electron chi connectivity index (χ1n) is 7.31. The number of hydrogen-bond acceptors (Lipinski definition) is 3. The highest BCUT2D eigenvalue weighted by atomic mass is 16.5. The summed E-state index contributed by atoms with van der Waals surface area (Å²) in [7, 11) is 1.63. The van der Waals surface area contributed by atoms with E-state index in [0.717, 1.165) is 35.2 Å². The van der Waals surface area contributed by atoms with Gasteiger partial charge in [-0.25, -0.2) is 0 Å². The minimum atomic E-state index is -0.0568. The zero-order valence-corrected chi connectivity index (χ0v) is 13.1. The third-order valence-electron chi connectivity index (χ3n) is 3.56. The fourth-order valence-electron chi connectivity index (χ4n) is 2.41. The summed E-state index contributed by atoms with van der Waals surface area (Å²) in [6.07, 6.45) is 2.03. The first-order chi connectivity index (χ1) is 10.0. The van der Waals surface area contributed by atoms with E-state index in [4.69, 9.17) is 4.74 Å². The first kappa shape index (κ1) is 15.3. The Balaban J connectivity index is 2.32. The van der Waals surface area contributed by atoms with Crippen LogP contribution in [0.25, 0.3) is 10.9 Å². The molecule has 0 aliphatic heterocycles. The number of methoxy groups -OCH3 is 1. The molecule has 2 rings (SSSR count).